The van der Waals surface area contributed by atoms with Crippen LogP contribution in [-0.2, 0) is 22.7 Å². The number of fused-ring (bicyclic) bond motifs is 2. The van der Waals surface area contributed by atoms with Gasteiger partial charge in [-0.25, -0.2) is 4.85 Å². The van der Waals surface area contributed by atoms with Gasteiger partial charge in [-0.1, -0.05) is 45.4 Å². The number of carbonyl (C=O) groups is 5. The number of benzene rings is 3. The van der Waals surface area contributed by atoms with E-state index in [1.165, 1.54) is 0 Å². The third kappa shape index (κ3) is 6.50. The highest BCUT2D eigenvalue weighted by molar-refractivity contribution is 6.33. The first-order valence-corrected chi connectivity index (χ1v) is 19.7. The Morgan fingerprint density at radius 1 is 0.875 bits per heavy atom. The molecule has 1 saturated heterocycles. The molecule has 56 heavy (non-hydrogen) atoms. The van der Waals surface area contributed by atoms with Gasteiger partial charge in [0.05, 0.1) is 22.7 Å². The maximum atomic E-state index is 13.5. The summed E-state index contributed by atoms with van der Waals surface area (Å²) in [4.78, 5) is 71.1. The lowest BCUT2D eigenvalue weighted by molar-refractivity contribution is -0.164. The van der Waals surface area contributed by atoms with Gasteiger partial charge in [-0.3, -0.25) is 39.1 Å². The minimum absolute atomic E-state index is 0.0930. The molecule has 0 aromatic heterocycles. The van der Waals surface area contributed by atoms with Crippen LogP contribution in [-0.4, -0.2) is 69.6 Å². The third-order valence-corrected chi connectivity index (χ3v) is 12.9. The van der Waals surface area contributed by atoms with Crippen LogP contribution in [0.1, 0.15) is 108 Å². The van der Waals surface area contributed by atoms with Crippen molar-refractivity contribution in [2.24, 2.45) is 10.8 Å². The number of hydrogen-bond donors (Lipinski definition) is 3. The van der Waals surface area contributed by atoms with Crippen molar-refractivity contribution in [3.05, 3.63) is 98.9 Å². The maximum Gasteiger partial charge on any atom is 0.262 e. The van der Waals surface area contributed by atoms with E-state index in [0.717, 1.165) is 47.4 Å². The van der Waals surface area contributed by atoms with Crippen LogP contribution >= 0.6 is 11.6 Å². The average Bonchev–Trinajstić information content (AvgIpc) is 3.69. The zero-order valence-corrected chi connectivity index (χ0v) is 32.7. The van der Waals surface area contributed by atoms with Crippen molar-refractivity contribution >= 4 is 52.5 Å². The van der Waals surface area contributed by atoms with E-state index < -0.39 is 29.7 Å². The fourth-order valence-corrected chi connectivity index (χ4v) is 10.2. The van der Waals surface area contributed by atoms with Crippen LogP contribution in [0.15, 0.2) is 54.6 Å². The fourth-order valence-electron chi connectivity index (χ4n) is 9.99. The van der Waals surface area contributed by atoms with Crippen molar-refractivity contribution in [1.82, 2.24) is 20.4 Å². The van der Waals surface area contributed by atoms with Crippen molar-refractivity contribution in [2.45, 2.75) is 110 Å². The number of halogens is 1. The summed E-state index contributed by atoms with van der Waals surface area (Å²) in [7, 11) is 0. The molecule has 3 N–H and O–H groups in total. The quantitative estimate of drug-likeness (QED) is 0.171. The Kier molecular flexibility index (Phi) is 9.45. The van der Waals surface area contributed by atoms with Gasteiger partial charge >= 0.3 is 0 Å². The highest BCUT2D eigenvalue weighted by Gasteiger charge is 2.64. The van der Waals surface area contributed by atoms with Gasteiger partial charge in [-0.2, -0.15) is 0 Å². The minimum Gasteiger partial charge on any atom is -0.489 e. The lowest BCUT2D eigenvalue weighted by atomic mass is 9.49. The summed E-state index contributed by atoms with van der Waals surface area (Å²) in [5.41, 5.74) is 3.95. The molecule has 3 aromatic carbocycles. The molecular formula is C43H45ClN6O6. The first-order chi connectivity index (χ1) is 26.6. The van der Waals surface area contributed by atoms with E-state index in [2.05, 4.69) is 53.4 Å². The van der Waals surface area contributed by atoms with E-state index in [9.17, 15) is 24.0 Å². The lowest BCUT2D eigenvalue weighted by Gasteiger charge is -2.63. The van der Waals surface area contributed by atoms with Crippen LogP contribution < -0.4 is 20.7 Å². The number of piperidine rings is 1. The van der Waals surface area contributed by atoms with Crippen molar-refractivity contribution in [1.29, 1.82) is 0 Å². The van der Waals surface area contributed by atoms with E-state index in [-0.39, 0.29) is 41.7 Å². The van der Waals surface area contributed by atoms with Crippen LogP contribution in [0.2, 0.25) is 5.02 Å². The van der Waals surface area contributed by atoms with E-state index in [0.29, 0.717) is 58.3 Å². The standard InChI is InChI=1S/C43H45ClN6O6/c1-42(2)40(43(3,4)41(42)56-29-14-15-33(45-5)32(44)20-29)48-36(52)23-6-8-26(9-7-23)46-27-10-12-28(13-11-27)49-21-24-18-30-31(19-25(24)22-49)39(55)50(38(30)54)34-16-17-35(51)47-37(34)53/h6-9,14-15,18-20,27-28,34,40-41,46H,10-13,16-17,21-22H2,1-4H3,(H,48,52)(H,47,51,53). The number of imide groups is 2. The summed E-state index contributed by atoms with van der Waals surface area (Å²) in [6.45, 7) is 17.0. The predicted molar refractivity (Wildman–Crippen MR) is 209 cm³/mol. The van der Waals surface area contributed by atoms with E-state index in [1.54, 1.807) is 18.2 Å². The van der Waals surface area contributed by atoms with Crippen LogP contribution in [0, 0.1) is 17.4 Å². The van der Waals surface area contributed by atoms with E-state index in [4.69, 9.17) is 22.9 Å². The third-order valence-electron chi connectivity index (χ3n) is 12.6. The first-order valence-electron chi connectivity index (χ1n) is 19.3. The molecule has 3 aliphatic heterocycles. The second-order valence-electron chi connectivity index (χ2n) is 17.0. The fraction of sp³-hybridized carbons (Fsp3) is 0.442. The van der Waals surface area contributed by atoms with Crippen molar-refractivity contribution in [3.63, 3.8) is 0 Å². The lowest BCUT2D eigenvalue weighted by Crippen LogP contribution is -2.74. The minimum atomic E-state index is -0.968. The summed E-state index contributed by atoms with van der Waals surface area (Å²) >= 11 is 6.25. The zero-order chi connectivity index (χ0) is 39.7. The molecule has 5 amide bonds. The highest BCUT2D eigenvalue weighted by atomic mass is 35.5. The van der Waals surface area contributed by atoms with Gasteiger partial charge in [-0.05, 0) is 91.8 Å². The maximum absolute atomic E-state index is 13.5. The number of ether oxygens (including phenoxy) is 1. The molecule has 2 saturated carbocycles. The normalized spacial score (nSPS) is 26.4. The number of nitrogens with one attached hydrogen (secondary N) is 3. The smallest absolute Gasteiger partial charge is 0.262 e. The zero-order valence-electron chi connectivity index (χ0n) is 31.9. The average molecular weight is 777 g/mol. The molecule has 1 atom stereocenters. The van der Waals surface area contributed by atoms with Crippen LogP contribution in [0.25, 0.3) is 4.85 Å². The van der Waals surface area contributed by atoms with Gasteiger partial charge in [0.2, 0.25) is 17.5 Å². The molecular weight excluding hydrogens is 732 g/mol. The van der Waals surface area contributed by atoms with Gasteiger partial charge in [0.15, 0.2) is 0 Å². The topological polar surface area (TPSA) is 142 Å². The Hall–Kier alpha value is -5.25. The summed E-state index contributed by atoms with van der Waals surface area (Å²) in [6.07, 6.45) is 4.02. The molecule has 1 unspecified atom stereocenters. The molecule has 0 spiro atoms. The molecule has 13 heteroatoms. The van der Waals surface area contributed by atoms with Crippen LogP contribution in [0.5, 0.6) is 5.75 Å². The largest absolute Gasteiger partial charge is 0.489 e. The van der Waals surface area contributed by atoms with E-state index in [1.807, 2.05) is 36.4 Å². The molecule has 8 rings (SSSR count). The first kappa shape index (κ1) is 37.7. The van der Waals surface area contributed by atoms with Gasteiger partial charge < -0.3 is 15.4 Å². The van der Waals surface area contributed by atoms with Gasteiger partial charge in [0.25, 0.3) is 17.7 Å². The number of nitrogens with zero attached hydrogens (tertiary/aromatic N) is 3. The van der Waals surface area contributed by atoms with E-state index >= 15 is 0 Å². The Labute approximate surface area is 331 Å². The number of rotatable bonds is 8. The Bertz CT molecular complexity index is 2140. The van der Waals surface area contributed by atoms with Gasteiger partial charge in [0.1, 0.15) is 17.9 Å². The summed E-state index contributed by atoms with van der Waals surface area (Å²) < 4.78 is 6.37. The van der Waals surface area contributed by atoms with Gasteiger partial charge in [0, 0.05) is 59.7 Å². The molecule has 290 valence electrons. The van der Waals surface area contributed by atoms with Crippen LogP contribution in [0.3, 0.4) is 0 Å². The van der Waals surface area contributed by atoms with Crippen molar-refractivity contribution in [3.8, 4) is 5.75 Å². The Balaban J connectivity index is 0.821. The predicted octanol–water partition coefficient (Wildman–Crippen LogP) is 6.64. The molecule has 5 aliphatic rings. The van der Waals surface area contributed by atoms with Crippen molar-refractivity contribution < 1.29 is 28.7 Å². The molecule has 3 aromatic rings. The number of carbonyl (C=O) groups excluding carboxylic acids is 5. The molecule has 3 fully saturated rings. The summed E-state index contributed by atoms with van der Waals surface area (Å²) in [5, 5.41) is 9.52. The number of amides is 5. The summed E-state index contributed by atoms with van der Waals surface area (Å²) in [6, 6.07) is 15.9. The second kappa shape index (κ2) is 14.0. The Morgan fingerprint density at radius 2 is 1.50 bits per heavy atom. The highest BCUT2D eigenvalue weighted by Crippen LogP contribution is 2.56. The molecule has 0 radical (unpaired) electrons. The van der Waals surface area contributed by atoms with Crippen LogP contribution in [0.4, 0.5) is 11.4 Å². The molecule has 3 heterocycles. The summed E-state index contributed by atoms with van der Waals surface area (Å²) in [5.74, 6) is -1.48. The molecule has 12 nitrogen and oxygen atoms in total. The number of anilines is 1. The Morgan fingerprint density at radius 3 is 2.07 bits per heavy atom. The molecule has 0 bridgehead atoms. The monoisotopic (exact) mass is 776 g/mol. The number of hydrogen-bond acceptors (Lipinski definition) is 8. The van der Waals surface area contributed by atoms with Crippen molar-refractivity contribution in [2.75, 3.05) is 5.32 Å². The molecule has 2 aliphatic carbocycles. The SMILES string of the molecule is [C-]#[N+]c1ccc(OC2C(C)(C)C(NC(=O)c3ccc(NC4CCC(N5Cc6cc7c(cc6C5)C(=O)N(C5CCC(=O)NC5=O)C7=O)CC4)cc3)C2(C)C)cc1Cl. The second-order valence-corrected chi connectivity index (χ2v) is 17.4. The van der Waals surface area contributed by atoms with Gasteiger partial charge in [-0.15, -0.1) is 0 Å².